The molecule has 8 heterocycles. The van der Waals surface area contributed by atoms with Crippen LogP contribution in [0.3, 0.4) is 0 Å². The van der Waals surface area contributed by atoms with Gasteiger partial charge in [-0.15, -0.1) is 0 Å². The standard InChI is InChI=1S/C13H28N2O.4C12H25NO.C11H24N2O.2C11H23NO.C7H16O.C6H14O/c1-12(2)15-9-7-14(8-10-15)6-5-11-16-13(3)4;3*1-11(2)14-9-5-8-13-7-4-6-12(3)10-13;1-11(2)14-10-6-9-13-8-5-4-7-12(13)3;1-11(2)14-10-4-5-13-8-6-12(3)7-9-13;2*1-11(2)13-10-6-9-12-7-4-3-5-8-12;1-4-5-6-8-7(2)3;1-4-5-7-6(2)3/h12-13H,5-11H2,1-4H3;4*11-12H,4-10H2,1-3H3;11H,4-10H2,1-3H3;2*11H,3-10H2,1-2H3;7H,4-6H2,1-3H3;6H,4-5H2,1-3H3/t;2*12-;;;;;;;/m.10......./s1. The molecular weight excluding hydrogens is 1590 g/mol. The minimum atomic E-state index is 0.373. The summed E-state index contributed by atoms with van der Waals surface area (Å²) in [4.78, 5) is 25.5. The minimum Gasteiger partial charge on any atom is -0.379 e. The van der Waals surface area contributed by atoms with Crippen molar-refractivity contribution in [3.63, 3.8) is 0 Å². The van der Waals surface area contributed by atoms with Gasteiger partial charge in [-0.3, -0.25) is 4.90 Å². The van der Waals surface area contributed by atoms with E-state index >= 15 is 0 Å². The smallest absolute Gasteiger partial charge is 0.0518 e. The van der Waals surface area contributed by atoms with Crippen molar-refractivity contribution in [2.45, 2.75) is 434 Å². The highest BCUT2D eigenvalue weighted by Gasteiger charge is 2.22. The fourth-order valence-electron chi connectivity index (χ4n) is 16.6. The average Bonchev–Trinajstić information content (AvgIpc) is 0.924. The molecule has 0 spiro atoms. The summed E-state index contributed by atoms with van der Waals surface area (Å²) >= 11 is 0. The fourth-order valence-corrected chi connectivity index (χ4v) is 16.6. The topological polar surface area (TPSA) is 125 Å². The summed E-state index contributed by atoms with van der Waals surface area (Å²) in [5.74, 6) is 2.69. The molecule has 0 saturated carbocycles. The van der Waals surface area contributed by atoms with E-state index in [0.717, 1.165) is 96.3 Å². The number of piperidine rings is 6. The molecule has 8 aliphatic heterocycles. The molecule has 8 aliphatic rings. The summed E-state index contributed by atoms with van der Waals surface area (Å²) in [5.41, 5.74) is 0. The number of hydrogen-bond acceptors (Lipinski definition) is 20. The van der Waals surface area contributed by atoms with Gasteiger partial charge in [0.05, 0.1) is 61.0 Å². The van der Waals surface area contributed by atoms with Crippen LogP contribution < -0.4 is 0 Å². The van der Waals surface area contributed by atoms with Crippen LogP contribution in [0.2, 0.25) is 0 Å². The van der Waals surface area contributed by atoms with E-state index in [4.69, 9.17) is 47.4 Å². The van der Waals surface area contributed by atoms with Gasteiger partial charge in [-0.25, -0.2) is 0 Å². The first-order chi connectivity index (χ1) is 60.6. The Morgan fingerprint density at radius 3 is 0.701 bits per heavy atom. The van der Waals surface area contributed by atoms with E-state index in [-0.39, 0.29) is 0 Å². The van der Waals surface area contributed by atoms with Crippen molar-refractivity contribution in [1.82, 2.24) is 49.0 Å². The lowest BCUT2D eigenvalue weighted by Crippen LogP contribution is -2.49. The largest absolute Gasteiger partial charge is 0.379 e. The van der Waals surface area contributed by atoms with Crippen molar-refractivity contribution >= 4 is 0 Å². The van der Waals surface area contributed by atoms with Crippen LogP contribution >= 0.6 is 0 Å². The molecule has 0 aromatic rings. The fraction of sp³-hybridized carbons (Fsp3) is 1.00. The van der Waals surface area contributed by atoms with Crippen molar-refractivity contribution in [3.8, 4) is 0 Å². The monoisotopic (exact) mass is 1810 g/mol. The molecule has 127 heavy (non-hydrogen) atoms. The molecule has 0 bridgehead atoms. The second-order valence-electron chi connectivity index (χ2n) is 41.3. The Hall–Kier alpha value is -0.800. The van der Waals surface area contributed by atoms with Gasteiger partial charge in [0.15, 0.2) is 0 Å². The van der Waals surface area contributed by atoms with Gasteiger partial charge >= 0.3 is 0 Å². The Labute approximate surface area is 793 Å². The maximum Gasteiger partial charge on any atom is 0.0518 e. The number of unbranched alkanes of at least 4 members (excludes halogenated alkanes) is 1. The second kappa shape index (κ2) is 89.1. The Balaban J connectivity index is 0. The predicted molar refractivity (Wildman–Crippen MR) is 550 cm³/mol. The van der Waals surface area contributed by atoms with Crippen LogP contribution in [-0.4, -0.2) is 372 Å². The van der Waals surface area contributed by atoms with Crippen LogP contribution in [0, 0.1) is 17.8 Å². The summed E-state index contributed by atoms with van der Waals surface area (Å²) in [5, 5.41) is 0. The highest BCUT2D eigenvalue weighted by molar-refractivity contribution is 4.77. The van der Waals surface area contributed by atoms with Crippen molar-refractivity contribution in [1.29, 1.82) is 0 Å². The minimum absolute atomic E-state index is 0.373. The third-order valence-corrected chi connectivity index (χ3v) is 23.9. The van der Waals surface area contributed by atoms with Gasteiger partial charge in [-0.2, -0.15) is 0 Å². The number of likely N-dealkylation sites (tertiary alicyclic amines) is 6. The molecular formula is C107H228N10O10. The van der Waals surface area contributed by atoms with Gasteiger partial charge in [-0.1, -0.05) is 60.3 Å². The Bertz CT molecular complexity index is 2070. The molecule has 2 unspecified atom stereocenters. The zero-order chi connectivity index (χ0) is 95.1. The van der Waals surface area contributed by atoms with E-state index in [2.05, 4.69) is 250 Å². The van der Waals surface area contributed by atoms with Crippen molar-refractivity contribution in [2.24, 2.45) is 17.8 Å². The average molecular weight is 1820 g/mol. The second-order valence-corrected chi connectivity index (χ2v) is 41.3. The van der Waals surface area contributed by atoms with Crippen LogP contribution in [0.5, 0.6) is 0 Å². The highest BCUT2D eigenvalue weighted by atomic mass is 16.5. The third kappa shape index (κ3) is 90.1. The van der Waals surface area contributed by atoms with Gasteiger partial charge < -0.3 is 91.5 Å². The number of hydrogen-bond donors (Lipinski definition) is 0. The number of likely N-dealkylation sites (N-methyl/N-ethyl adjacent to an activating group) is 1. The van der Waals surface area contributed by atoms with Crippen molar-refractivity contribution in [3.05, 3.63) is 0 Å². The number of rotatable bonds is 48. The van der Waals surface area contributed by atoms with Gasteiger partial charge in [-0.05, 0) is 378 Å². The number of ether oxygens (including phenoxy) is 10. The molecule has 4 atom stereocenters. The lowest BCUT2D eigenvalue weighted by atomic mass is 10.0. The Kier molecular flexibility index (Phi) is 90.0. The molecule has 20 heteroatoms. The van der Waals surface area contributed by atoms with Crippen molar-refractivity contribution in [2.75, 3.05) is 250 Å². The molecule has 8 rings (SSSR count). The lowest BCUT2D eigenvalue weighted by Gasteiger charge is -2.36. The predicted octanol–water partition coefficient (Wildman–Crippen LogP) is 21.8. The first kappa shape index (κ1) is 128. The zero-order valence-electron chi connectivity index (χ0n) is 90.8. The van der Waals surface area contributed by atoms with E-state index in [1.165, 1.54) is 337 Å². The Morgan fingerprint density at radius 2 is 0.457 bits per heavy atom. The van der Waals surface area contributed by atoms with Crippen LogP contribution in [0.1, 0.15) is 361 Å². The normalized spacial score (nSPS) is 20.8. The first-order valence-electron chi connectivity index (χ1n) is 54.0. The third-order valence-electron chi connectivity index (χ3n) is 23.9. The molecule has 766 valence electrons. The van der Waals surface area contributed by atoms with E-state index in [1.54, 1.807) is 0 Å². The maximum absolute atomic E-state index is 5.56. The van der Waals surface area contributed by atoms with E-state index in [0.29, 0.717) is 67.1 Å². The Morgan fingerprint density at radius 1 is 0.220 bits per heavy atom. The van der Waals surface area contributed by atoms with Crippen LogP contribution in [-0.2, 0) is 47.4 Å². The van der Waals surface area contributed by atoms with Gasteiger partial charge in [0.2, 0.25) is 0 Å². The summed E-state index contributed by atoms with van der Waals surface area (Å²) in [6.45, 7) is 103. The molecule has 20 nitrogen and oxygen atoms in total. The van der Waals surface area contributed by atoms with Gasteiger partial charge in [0, 0.05) is 203 Å². The van der Waals surface area contributed by atoms with Crippen LogP contribution in [0.25, 0.3) is 0 Å². The van der Waals surface area contributed by atoms with Gasteiger partial charge in [0.25, 0.3) is 0 Å². The first-order valence-corrected chi connectivity index (χ1v) is 54.0. The number of nitrogens with zero attached hydrogens (tertiary/aromatic N) is 10. The molecule has 0 aromatic heterocycles. The van der Waals surface area contributed by atoms with Gasteiger partial charge in [0.1, 0.15) is 0 Å². The SMILES string of the molecule is CC(C)OCCCN1CCCCC1.CC(C)OCCCN1CCCCC1.CC(C)OCCCN1CCCCC1C.CC(C)OCCCN1CCC[C@@H](C)C1.CC(C)OCCCN1CCC[C@H](C)C1.CC(C)OCCCN1CCN(C(C)C)CC1.CC(C)OCCCN1CCN(C)CC1.CC1CCCN(CCCOC(C)C)C1.CCCCOC(C)C.CCCOC(C)C. The molecule has 8 fully saturated rings. The summed E-state index contributed by atoms with van der Waals surface area (Å²) in [6.07, 6.45) is 37.9. The highest BCUT2D eigenvalue weighted by Crippen LogP contribution is 2.20. The van der Waals surface area contributed by atoms with Crippen molar-refractivity contribution < 1.29 is 47.4 Å². The zero-order valence-corrected chi connectivity index (χ0v) is 90.8. The number of piperazine rings is 2. The van der Waals surface area contributed by atoms with Crippen LogP contribution in [0.4, 0.5) is 0 Å². The maximum atomic E-state index is 5.56. The summed E-state index contributed by atoms with van der Waals surface area (Å²) in [7, 11) is 2.19. The summed E-state index contributed by atoms with van der Waals surface area (Å²) in [6, 6.07) is 1.49. The molecule has 0 N–H and O–H groups in total. The molecule has 0 radical (unpaired) electrons. The molecule has 8 saturated heterocycles. The molecule has 0 aromatic carbocycles. The van der Waals surface area contributed by atoms with E-state index in [1.807, 2.05) is 0 Å². The van der Waals surface area contributed by atoms with E-state index < -0.39 is 0 Å². The van der Waals surface area contributed by atoms with E-state index in [9.17, 15) is 0 Å². The lowest BCUT2D eigenvalue weighted by molar-refractivity contribution is 0.0604. The molecule has 0 aliphatic carbocycles. The quantitative estimate of drug-likeness (QED) is 0.0536. The van der Waals surface area contributed by atoms with Crippen LogP contribution in [0.15, 0.2) is 0 Å². The summed E-state index contributed by atoms with van der Waals surface area (Å²) < 4.78 is 54.7. The molecule has 0 amide bonds.